The topological polar surface area (TPSA) is 59.6 Å². The van der Waals surface area contributed by atoms with E-state index in [9.17, 15) is 4.79 Å². The molecule has 0 spiro atoms. The first-order valence-electron chi connectivity index (χ1n) is 6.71. The highest BCUT2D eigenvalue weighted by molar-refractivity contribution is 5.94. The SMILES string of the molecule is O=C(NCC1CCCNC1)c1ccc2c(c1)OCO2. The van der Waals surface area contributed by atoms with Crippen LogP contribution in [0.5, 0.6) is 11.5 Å². The van der Waals surface area contributed by atoms with Crippen molar-refractivity contribution in [3.8, 4) is 11.5 Å². The van der Waals surface area contributed by atoms with Crippen molar-refractivity contribution in [2.45, 2.75) is 12.8 Å². The number of fused-ring (bicyclic) bond motifs is 1. The van der Waals surface area contributed by atoms with E-state index in [-0.39, 0.29) is 12.7 Å². The largest absolute Gasteiger partial charge is 0.454 e. The third kappa shape index (κ3) is 2.81. The van der Waals surface area contributed by atoms with E-state index in [1.165, 1.54) is 12.8 Å². The normalized spacial score (nSPS) is 21.2. The first kappa shape index (κ1) is 12.3. The average Bonchev–Trinajstić information content (AvgIpc) is 2.93. The monoisotopic (exact) mass is 262 g/mol. The number of nitrogens with one attached hydrogen (secondary N) is 2. The Morgan fingerprint density at radius 1 is 1.37 bits per heavy atom. The van der Waals surface area contributed by atoms with Crippen LogP contribution in [0.25, 0.3) is 0 Å². The number of piperidine rings is 1. The lowest BCUT2D eigenvalue weighted by Gasteiger charge is -2.22. The standard InChI is InChI=1S/C14H18N2O3/c17-14(16-8-10-2-1-5-15-7-10)11-3-4-12-13(6-11)19-9-18-12/h3-4,6,10,15H,1-2,5,7-9H2,(H,16,17). The van der Waals surface area contributed by atoms with Crippen LogP contribution in [0.1, 0.15) is 23.2 Å². The fourth-order valence-electron chi connectivity index (χ4n) is 2.48. The Labute approximate surface area is 112 Å². The van der Waals surface area contributed by atoms with Crippen molar-refractivity contribution < 1.29 is 14.3 Å². The van der Waals surface area contributed by atoms with E-state index in [2.05, 4.69) is 10.6 Å². The predicted octanol–water partition coefficient (Wildman–Crippen LogP) is 1.14. The molecular weight excluding hydrogens is 244 g/mol. The van der Waals surface area contributed by atoms with Crippen molar-refractivity contribution in [1.29, 1.82) is 0 Å². The van der Waals surface area contributed by atoms with Gasteiger partial charge in [-0.1, -0.05) is 0 Å². The van der Waals surface area contributed by atoms with Gasteiger partial charge in [0.25, 0.3) is 5.91 Å². The molecule has 102 valence electrons. The minimum Gasteiger partial charge on any atom is -0.454 e. The van der Waals surface area contributed by atoms with E-state index in [0.29, 0.717) is 23.0 Å². The highest BCUT2D eigenvalue weighted by atomic mass is 16.7. The van der Waals surface area contributed by atoms with Crippen LogP contribution in [0.2, 0.25) is 0 Å². The van der Waals surface area contributed by atoms with E-state index < -0.39 is 0 Å². The number of hydrogen-bond acceptors (Lipinski definition) is 4. The predicted molar refractivity (Wildman–Crippen MR) is 70.5 cm³/mol. The molecule has 5 heteroatoms. The van der Waals surface area contributed by atoms with E-state index >= 15 is 0 Å². The molecule has 19 heavy (non-hydrogen) atoms. The number of benzene rings is 1. The van der Waals surface area contributed by atoms with Gasteiger partial charge in [-0.2, -0.15) is 0 Å². The highest BCUT2D eigenvalue weighted by Gasteiger charge is 2.18. The van der Waals surface area contributed by atoms with Crippen molar-refractivity contribution in [3.63, 3.8) is 0 Å². The number of ether oxygens (including phenoxy) is 2. The summed E-state index contributed by atoms with van der Waals surface area (Å²) in [4.78, 5) is 12.1. The van der Waals surface area contributed by atoms with Gasteiger partial charge in [0.2, 0.25) is 6.79 Å². The molecule has 2 aliphatic rings. The fraction of sp³-hybridized carbons (Fsp3) is 0.500. The molecule has 1 unspecified atom stereocenters. The Bertz CT molecular complexity index is 470. The van der Waals surface area contributed by atoms with Crippen molar-refractivity contribution in [1.82, 2.24) is 10.6 Å². The minimum absolute atomic E-state index is 0.0520. The molecule has 0 aliphatic carbocycles. The summed E-state index contributed by atoms with van der Waals surface area (Å²) < 4.78 is 10.5. The smallest absolute Gasteiger partial charge is 0.251 e. The molecule has 2 N–H and O–H groups in total. The van der Waals surface area contributed by atoms with Gasteiger partial charge in [-0.3, -0.25) is 4.79 Å². The zero-order valence-electron chi connectivity index (χ0n) is 10.8. The zero-order valence-corrected chi connectivity index (χ0v) is 10.8. The molecule has 0 radical (unpaired) electrons. The number of rotatable bonds is 3. The molecule has 1 atom stereocenters. The maximum absolute atomic E-state index is 12.1. The molecule has 3 rings (SSSR count). The summed E-state index contributed by atoms with van der Waals surface area (Å²) in [7, 11) is 0. The Balaban J connectivity index is 1.57. The van der Waals surface area contributed by atoms with Gasteiger partial charge in [-0.05, 0) is 50.0 Å². The van der Waals surface area contributed by atoms with Crippen LogP contribution >= 0.6 is 0 Å². The fourth-order valence-corrected chi connectivity index (χ4v) is 2.48. The van der Waals surface area contributed by atoms with E-state index in [1.54, 1.807) is 18.2 Å². The molecule has 1 saturated heterocycles. The first-order valence-corrected chi connectivity index (χ1v) is 6.71. The van der Waals surface area contributed by atoms with Crippen molar-refractivity contribution in [2.24, 2.45) is 5.92 Å². The molecule has 1 fully saturated rings. The first-order chi connectivity index (χ1) is 9.33. The zero-order chi connectivity index (χ0) is 13.1. The molecule has 1 aromatic carbocycles. The maximum atomic E-state index is 12.1. The molecule has 1 amide bonds. The summed E-state index contributed by atoms with van der Waals surface area (Å²) in [5.41, 5.74) is 0.619. The molecule has 2 heterocycles. The van der Waals surface area contributed by atoms with Crippen LogP contribution in [0.3, 0.4) is 0 Å². The van der Waals surface area contributed by atoms with Gasteiger partial charge in [0.05, 0.1) is 0 Å². The van der Waals surface area contributed by atoms with Gasteiger partial charge < -0.3 is 20.1 Å². The van der Waals surface area contributed by atoms with Gasteiger partial charge in [0.1, 0.15) is 0 Å². The van der Waals surface area contributed by atoms with Crippen LogP contribution in [-0.4, -0.2) is 32.3 Å². The Hall–Kier alpha value is -1.75. The van der Waals surface area contributed by atoms with E-state index in [4.69, 9.17) is 9.47 Å². The summed E-state index contributed by atoms with van der Waals surface area (Å²) in [6.45, 7) is 3.03. The molecule has 2 aliphatic heterocycles. The lowest BCUT2D eigenvalue weighted by atomic mass is 9.99. The number of carbonyl (C=O) groups is 1. The lowest BCUT2D eigenvalue weighted by molar-refractivity contribution is 0.0944. The van der Waals surface area contributed by atoms with Crippen LogP contribution in [0.15, 0.2) is 18.2 Å². The summed E-state index contributed by atoms with van der Waals surface area (Å²) in [5, 5.41) is 6.33. The van der Waals surface area contributed by atoms with E-state index in [1.807, 2.05) is 0 Å². The van der Waals surface area contributed by atoms with Crippen molar-refractivity contribution in [3.05, 3.63) is 23.8 Å². The minimum atomic E-state index is -0.0520. The molecule has 0 bridgehead atoms. The van der Waals surface area contributed by atoms with Crippen LogP contribution in [0, 0.1) is 5.92 Å². The van der Waals surface area contributed by atoms with Crippen LogP contribution in [-0.2, 0) is 0 Å². The molecule has 1 aromatic rings. The Kier molecular flexibility index (Phi) is 3.55. The van der Waals surface area contributed by atoms with Gasteiger partial charge in [0, 0.05) is 12.1 Å². The van der Waals surface area contributed by atoms with Crippen molar-refractivity contribution in [2.75, 3.05) is 26.4 Å². The summed E-state index contributed by atoms with van der Waals surface area (Å²) in [6, 6.07) is 5.28. The van der Waals surface area contributed by atoms with Gasteiger partial charge in [-0.15, -0.1) is 0 Å². The second-order valence-electron chi connectivity index (χ2n) is 4.99. The highest BCUT2D eigenvalue weighted by Crippen LogP contribution is 2.32. The number of hydrogen-bond donors (Lipinski definition) is 2. The molecule has 0 saturated carbocycles. The third-order valence-corrected chi connectivity index (χ3v) is 3.58. The lowest BCUT2D eigenvalue weighted by Crippen LogP contribution is -2.38. The van der Waals surface area contributed by atoms with Crippen LogP contribution in [0.4, 0.5) is 0 Å². The number of amides is 1. The maximum Gasteiger partial charge on any atom is 0.251 e. The number of carbonyl (C=O) groups excluding carboxylic acids is 1. The Morgan fingerprint density at radius 3 is 3.11 bits per heavy atom. The van der Waals surface area contributed by atoms with E-state index in [0.717, 1.165) is 19.6 Å². The quantitative estimate of drug-likeness (QED) is 0.857. The average molecular weight is 262 g/mol. The van der Waals surface area contributed by atoms with Gasteiger partial charge in [-0.25, -0.2) is 0 Å². The van der Waals surface area contributed by atoms with Gasteiger partial charge >= 0.3 is 0 Å². The molecule has 5 nitrogen and oxygen atoms in total. The third-order valence-electron chi connectivity index (χ3n) is 3.58. The molecule has 0 aromatic heterocycles. The van der Waals surface area contributed by atoms with Crippen molar-refractivity contribution >= 4 is 5.91 Å². The summed E-state index contributed by atoms with van der Waals surface area (Å²) in [5.74, 6) is 1.83. The second kappa shape index (κ2) is 5.48. The summed E-state index contributed by atoms with van der Waals surface area (Å²) >= 11 is 0. The second-order valence-corrected chi connectivity index (χ2v) is 4.99. The van der Waals surface area contributed by atoms with Crippen LogP contribution < -0.4 is 20.1 Å². The van der Waals surface area contributed by atoms with Gasteiger partial charge in [0.15, 0.2) is 11.5 Å². The Morgan fingerprint density at radius 2 is 2.26 bits per heavy atom. The summed E-state index contributed by atoms with van der Waals surface area (Å²) in [6.07, 6.45) is 2.36. The molecular formula is C14H18N2O3.